The lowest BCUT2D eigenvalue weighted by molar-refractivity contribution is 0.0853. The van der Waals surface area contributed by atoms with Gasteiger partial charge in [-0.25, -0.2) is 0 Å². The third kappa shape index (κ3) is 4.44. The van der Waals surface area contributed by atoms with Crippen LogP contribution in [-0.2, 0) is 4.74 Å². The monoisotopic (exact) mass is 385 g/mol. The molecule has 4 heteroatoms. The van der Waals surface area contributed by atoms with Crippen LogP contribution in [0.15, 0.2) is 78.9 Å². The largest absolute Gasteiger partial charge is 0.376 e. The molecule has 0 spiro atoms. The average Bonchev–Trinajstić information content (AvgIpc) is 3.31. The van der Waals surface area contributed by atoms with E-state index in [2.05, 4.69) is 5.32 Å². The zero-order valence-corrected chi connectivity index (χ0v) is 16.1. The molecule has 1 amide bonds. The van der Waals surface area contributed by atoms with Crippen LogP contribution < -0.4 is 5.32 Å². The van der Waals surface area contributed by atoms with Crippen LogP contribution in [-0.4, -0.2) is 30.9 Å². The second-order valence-corrected chi connectivity index (χ2v) is 7.16. The maximum atomic E-state index is 13.1. The SMILES string of the molecule is O=C(NC[C@@H]1CCCO1)c1ccccc1C(=O)c1ccc(-c2ccccc2)cc1. The van der Waals surface area contributed by atoms with Crippen LogP contribution >= 0.6 is 0 Å². The van der Waals surface area contributed by atoms with Crippen molar-refractivity contribution in [3.63, 3.8) is 0 Å². The Balaban J connectivity index is 1.52. The number of carbonyl (C=O) groups is 2. The first kappa shape index (κ1) is 19.1. The van der Waals surface area contributed by atoms with Gasteiger partial charge < -0.3 is 10.1 Å². The zero-order chi connectivity index (χ0) is 20.1. The smallest absolute Gasteiger partial charge is 0.252 e. The van der Waals surface area contributed by atoms with Crippen LogP contribution in [0.2, 0.25) is 0 Å². The molecule has 0 aromatic heterocycles. The molecular weight excluding hydrogens is 362 g/mol. The molecule has 146 valence electrons. The number of hydrogen-bond donors (Lipinski definition) is 1. The first-order chi connectivity index (χ1) is 14.2. The van der Waals surface area contributed by atoms with E-state index in [4.69, 9.17) is 4.74 Å². The molecule has 0 bridgehead atoms. The molecule has 0 unspecified atom stereocenters. The van der Waals surface area contributed by atoms with Crippen molar-refractivity contribution in [2.45, 2.75) is 18.9 Å². The van der Waals surface area contributed by atoms with Gasteiger partial charge in [-0.2, -0.15) is 0 Å². The molecular formula is C25H23NO3. The Morgan fingerprint density at radius 1 is 0.828 bits per heavy atom. The van der Waals surface area contributed by atoms with Crippen molar-refractivity contribution in [2.75, 3.05) is 13.2 Å². The third-order valence-corrected chi connectivity index (χ3v) is 5.18. The van der Waals surface area contributed by atoms with E-state index in [9.17, 15) is 9.59 Å². The quantitative estimate of drug-likeness (QED) is 0.636. The van der Waals surface area contributed by atoms with E-state index in [-0.39, 0.29) is 17.8 Å². The van der Waals surface area contributed by atoms with E-state index in [1.807, 2.05) is 54.6 Å². The number of ether oxygens (including phenoxy) is 1. The van der Waals surface area contributed by atoms with Gasteiger partial charge in [0.2, 0.25) is 0 Å². The van der Waals surface area contributed by atoms with Crippen LogP contribution in [0.4, 0.5) is 0 Å². The summed E-state index contributed by atoms with van der Waals surface area (Å²) < 4.78 is 5.55. The Morgan fingerprint density at radius 2 is 1.48 bits per heavy atom. The number of amides is 1. The summed E-state index contributed by atoms with van der Waals surface area (Å²) in [4.78, 5) is 25.8. The summed E-state index contributed by atoms with van der Waals surface area (Å²) in [5.74, 6) is -0.405. The van der Waals surface area contributed by atoms with Gasteiger partial charge in [0.1, 0.15) is 0 Å². The lowest BCUT2D eigenvalue weighted by atomic mass is 9.96. The minimum Gasteiger partial charge on any atom is -0.376 e. The van der Waals surface area contributed by atoms with Crippen molar-refractivity contribution in [2.24, 2.45) is 0 Å². The predicted octanol–water partition coefficient (Wildman–Crippen LogP) is 4.49. The highest BCUT2D eigenvalue weighted by atomic mass is 16.5. The molecule has 1 saturated heterocycles. The molecule has 29 heavy (non-hydrogen) atoms. The summed E-state index contributed by atoms with van der Waals surface area (Å²) in [6.45, 7) is 1.21. The molecule has 3 aromatic rings. The Hall–Kier alpha value is -3.24. The van der Waals surface area contributed by atoms with E-state index < -0.39 is 0 Å². The molecule has 1 aliphatic rings. The minimum atomic E-state index is -0.245. The fourth-order valence-electron chi connectivity index (χ4n) is 3.59. The molecule has 4 nitrogen and oxygen atoms in total. The second kappa shape index (κ2) is 8.84. The average molecular weight is 385 g/mol. The van der Waals surface area contributed by atoms with Gasteiger partial charge in [0.25, 0.3) is 5.91 Å². The van der Waals surface area contributed by atoms with Gasteiger partial charge in [0, 0.05) is 24.3 Å². The van der Waals surface area contributed by atoms with Crippen molar-refractivity contribution < 1.29 is 14.3 Å². The molecule has 1 heterocycles. The molecule has 1 atom stereocenters. The van der Waals surface area contributed by atoms with Gasteiger partial charge in [-0.05, 0) is 30.0 Å². The van der Waals surface area contributed by atoms with Gasteiger partial charge in [-0.15, -0.1) is 0 Å². The van der Waals surface area contributed by atoms with Gasteiger partial charge >= 0.3 is 0 Å². The summed E-state index contributed by atoms with van der Waals surface area (Å²) in [6, 6.07) is 24.4. The van der Waals surface area contributed by atoms with E-state index >= 15 is 0 Å². The first-order valence-electron chi connectivity index (χ1n) is 9.91. The van der Waals surface area contributed by atoms with Crippen LogP contribution in [0.1, 0.15) is 39.1 Å². The third-order valence-electron chi connectivity index (χ3n) is 5.18. The number of rotatable bonds is 6. The molecule has 4 rings (SSSR count). The summed E-state index contributed by atoms with van der Waals surface area (Å²) in [6.07, 6.45) is 2.04. The summed E-state index contributed by atoms with van der Waals surface area (Å²) in [5, 5.41) is 2.90. The normalized spacial score (nSPS) is 15.8. The predicted molar refractivity (Wildman–Crippen MR) is 113 cm³/mol. The molecule has 0 aliphatic carbocycles. The fraction of sp³-hybridized carbons (Fsp3) is 0.200. The number of nitrogens with one attached hydrogen (secondary N) is 1. The number of hydrogen-bond acceptors (Lipinski definition) is 3. The van der Waals surface area contributed by atoms with E-state index in [1.54, 1.807) is 24.3 Å². The second-order valence-electron chi connectivity index (χ2n) is 7.16. The van der Waals surface area contributed by atoms with Crippen molar-refractivity contribution in [3.05, 3.63) is 95.6 Å². The standard InChI is InChI=1S/C25H23NO3/c27-24(20-14-12-19(13-15-20)18-7-2-1-3-8-18)22-10-4-5-11-23(22)25(28)26-17-21-9-6-16-29-21/h1-5,7-8,10-15,21H,6,9,16-17H2,(H,26,28)/t21-/m0/s1. The molecule has 3 aromatic carbocycles. The van der Waals surface area contributed by atoms with Gasteiger partial charge in [-0.1, -0.05) is 72.8 Å². The van der Waals surface area contributed by atoms with Crippen molar-refractivity contribution >= 4 is 11.7 Å². The Labute approximate surface area is 170 Å². The molecule has 1 fully saturated rings. The molecule has 0 radical (unpaired) electrons. The highest BCUT2D eigenvalue weighted by Gasteiger charge is 2.20. The van der Waals surface area contributed by atoms with Crippen molar-refractivity contribution in [1.82, 2.24) is 5.32 Å². The Morgan fingerprint density at radius 3 is 2.17 bits per heavy atom. The number of carbonyl (C=O) groups excluding carboxylic acids is 2. The van der Waals surface area contributed by atoms with Crippen molar-refractivity contribution in [3.8, 4) is 11.1 Å². The number of ketones is 1. The Kier molecular flexibility index (Phi) is 5.82. The topological polar surface area (TPSA) is 55.4 Å². The summed E-state index contributed by atoms with van der Waals surface area (Å²) in [5.41, 5.74) is 3.50. The van der Waals surface area contributed by atoms with Crippen LogP contribution in [0.5, 0.6) is 0 Å². The molecule has 1 N–H and O–H groups in total. The molecule has 1 aliphatic heterocycles. The molecule has 0 saturated carbocycles. The first-order valence-corrected chi connectivity index (χ1v) is 9.91. The zero-order valence-electron chi connectivity index (χ0n) is 16.1. The van der Waals surface area contributed by atoms with Crippen molar-refractivity contribution in [1.29, 1.82) is 0 Å². The number of benzene rings is 3. The highest BCUT2D eigenvalue weighted by Crippen LogP contribution is 2.21. The lowest BCUT2D eigenvalue weighted by Crippen LogP contribution is -2.32. The Bertz CT molecular complexity index is 990. The minimum absolute atomic E-state index is 0.0624. The highest BCUT2D eigenvalue weighted by molar-refractivity contribution is 6.15. The van der Waals surface area contributed by atoms with E-state index in [0.717, 1.165) is 30.6 Å². The van der Waals surface area contributed by atoms with Crippen LogP contribution in [0.3, 0.4) is 0 Å². The van der Waals surface area contributed by atoms with E-state index in [0.29, 0.717) is 23.2 Å². The van der Waals surface area contributed by atoms with Gasteiger partial charge in [-0.3, -0.25) is 9.59 Å². The van der Waals surface area contributed by atoms with Crippen LogP contribution in [0.25, 0.3) is 11.1 Å². The summed E-state index contributed by atoms with van der Waals surface area (Å²) >= 11 is 0. The maximum Gasteiger partial charge on any atom is 0.252 e. The van der Waals surface area contributed by atoms with Gasteiger partial charge in [0.05, 0.1) is 11.7 Å². The van der Waals surface area contributed by atoms with Gasteiger partial charge in [0.15, 0.2) is 5.78 Å². The van der Waals surface area contributed by atoms with Crippen LogP contribution in [0, 0.1) is 0 Å². The fourth-order valence-corrected chi connectivity index (χ4v) is 3.59. The summed E-state index contributed by atoms with van der Waals surface area (Å²) in [7, 11) is 0. The van der Waals surface area contributed by atoms with E-state index in [1.165, 1.54) is 0 Å². The lowest BCUT2D eigenvalue weighted by Gasteiger charge is -2.13. The maximum absolute atomic E-state index is 13.1.